The van der Waals surface area contributed by atoms with Crippen LogP contribution in [0, 0.1) is 0 Å². The predicted molar refractivity (Wildman–Crippen MR) is 84.1 cm³/mol. The molecule has 4 nitrogen and oxygen atoms in total. The van der Waals surface area contributed by atoms with Gasteiger partial charge in [-0.15, -0.1) is 0 Å². The minimum absolute atomic E-state index is 0.0210. The SMILES string of the molecule is CC[C@H](NC(=O)NCc1cccc(Cl)c1)c1ccncc1. The fourth-order valence-corrected chi connectivity index (χ4v) is 2.27. The van der Waals surface area contributed by atoms with Crippen LogP contribution in [-0.2, 0) is 6.54 Å². The van der Waals surface area contributed by atoms with Crippen molar-refractivity contribution in [2.24, 2.45) is 0 Å². The monoisotopic (exact) mass is 303 g/mol. The molecule has 110 valence electrons. The Morgan fingerprint density at radius 1 is 1.29 bits per heavy atom. The van der Waals surface area contributed by atoms with Crippen molar-refractivity contribution in [2.45, 2.75) is 25.9 Å². The number of nitrogens with zero attached hydrogens (tertiary/aromatic N) is 1. The number of urea groups is 1. The number of nitrogens with one attached hydrogen (secondary N) is 2. The van der Waals surface area contributed by atoms with Crippen molar-refractivity contribution in [3.8, 4) is 0 Å². The number of halogens is 1. The second-order valence-electron chi connectivity index (χ2n) is 4.70. The number of hydrogen-bond acceptors (Lipinski definition) is 2. The molecule has 2 rings (SSSR count). The maximum atomic E-state index is 12.0. The molecule has 0 aliphatic carbocycles. The molecule has 0 radical (unpaired) electrons. The van der Waals surface area contributed by atoms with E-state index in [0.717, 1.165) is 17.5 Å². The first-order valence-electron chi connectivity index (χ1n) is 6.87. The minimum Gasteiger partial charge on any atom is -0.334 e. The Morgan fingerprint density at radius 3 is 2.71 bits per heavy atom. The normalized spacial score (nSPS) is 11.7. The molecule has 0 saturated carbocycles. The van der Waals surface area contributed by atoms with Crippen LogP contribution in [-0.4, -0.2) is 11.0 Å². The van der Waals surface area contributed by atoms with Crippen LogP contribution in [0.4, 0.5) is 4.79 Å². The first-order valence-corrected chi connectivity index (χ1v) is 7.25. The molecular formula is C16H18ClN3O. The molecule has 0 spiro atoms. The highest BCUT2D eigenvalue weighted by Crippen LogP contribution is 2.15. The number of pyridine rings is 1. The average molecular weight is 304 g/mol. The molecule has 0 aliphatic heterocycles. The Morgan fingerprint density at radius 2 is 2.05 bits per heavy atom. The second-order valence-corrected chi connectivity index (χ2v) is 5.13. The number of carbonyl (C=O) groups excluding carboxylic acids is 1. The van der Waals surface area contributed by atoms with Gasteiger partial charge in [-0.25, -0.2) is 4.79 Å². The van der Waals surface area contributed by atoms with E-state index in [0.29, 0.717) is 11.6 Å². The maximum Gasteiger partial charge on any atom is 0.315 e. The molecular weight excluding hydrogens is 286 g/mol. The summed E-state index contributed by atoms with van der Waals surface area (Å²) in [6.45, 7) is 2.47. The third-order valence-electron chi connectivity index (χ3n) is 3.16. The van der Waals surface area contributed by atoms with Gasteiger partial charge in [0.25, 0.3) is 0 Å². The van der Waals surface area contributed by atoms with Gasteiger partial charge in [-0.2, -0.15) is 0 Å². The zero-order chi connectivity index (χ0) is 15.1. The molecule has 2 N–H and O–H groups in total. The van der Waals surface area contributed by atoms with Crippen molar-refractivity contribution in [3.63, 3.8) is 0 Å². The number of carbonyl (C=O) groups is 1. The standard InChI is InChI=1S/C16H18ClN3O/c1-2-15(13-6-8-18-9-7-13)20-16(21)19-11-12-4-3-5-14(17)10-12/h3-10,15H,2,11H2,1H3,(H2,19,20,21)/t15-/m0/s1. The molecule has 1 atom stereocenters. The summed E-state index contributed by atoms with van der Waals surface area (Å²) in [6.07, 6.45) is 4.27. The van der Waals surface area contributed by atoms with Gasteiger partial charge in [0.15, 0.2) is 0 Å². The first-order chi connectivity index (χ1) is 10.2. The van der Waals surface area contributed by atoms with Crippen LogP contribution < -0.4 is 10.6 Å². The number of amides is 2. The molecule has 21 heavy (non-hydrogen) atoms. The minimum atomic E-state index is -0.196. The zero-order valence-corrected chi connectivity index (χ0v) is 12.6. The highest BCUT2D eigenvalue weighted by atomic mass is 35.5. The second kappa shape index (κ2) is 7.64. The van der Waals surface area contributed by atoms with Gasteiger partial charge in [0.1, 0.15) is 0 Å². The van der Waals surface area contributed by atoms with Gasteiger partial charge in [-0.3, -0.25) is 4.98 Å². The lowest BCUT2D eigenvalue weighted by atomic mass is 10.1. The summed E-state index contributed by atoms with van der Waals surface area (Å²) in [5, 5.41) is 6.46. The van der Waals surface area contributed by atoms with Gasteiger partial charge in [0.05, 0.1) is 6.04 Å². The molecule has 0 unspecified atom stereocenters. The number of benzene rings is 1. The molecule has 0 fully saturated rings. The van der Waals surface area contributed by atoms with Crippen LogP contribution in [0.15, 0.2) is 48.8 Å². The molecule has 1 aromatic heterocycles. The summed E-state index contributed by atoms with van der Waals surface area (Å²) in [4.78, 5) is 16.0. The van der Waals surface area contributed by atoms with E-state index in [1.807, 2.05) is 43.3 Å². The third-order valence-corrected chi connectivity index (χ3v) is 3.40. The molecule has 0 saturated heterocycles. The largest absolute Gasteiger partial charge is 0.334 e. The molecule has 1 aromatic carbocycles. The fourth-order valence-electron chi connectivity index (χ4n) is 2.06. The Kier molecular flexibility index (Phi) is 5.58. The molecule has 5 heteroatoms. The molecule has 2 aromatic rings. The van der Waals surface area contributed by atoms with E-state index >= 15 is 0 Å². The Hall–Kier alpha value is -2.07. The van der Waals surface area contributed by atoms with E-state index in [9.17, 15) is 4.79 Å². The van der Waals surface area contributed by atoms with Crippen molar-refractivity contribution in [2.75, 3.05) is 0 Å². The van der Waals surface area contributed by atoms with E-state index in [1.54, 1.807) is 12.4 Å². The lowest BCUT2D eigenvalue weighted by Crippen LogP contribution is -2.37. The fraction of sp³-hybridized carbons (Fsp3) is 0.250. The van der Waals surface area contributed by atoms with E-state index in [4.69, 9.17) is 11.6 Å². The predicted octanol–water partition coefficient (Wildman–Crippen LogP) is 3.69. The Balaban J connectivity index is 1.89. The van der Waals surface area contributed by atoms with Crippen LogP contribution in [0.3, 0.4) is 0 Å². The van der Waals surface area contributed by atoms with Crippen molar-refractivity contribution < 1.29 is 4.79 Å². The number of hydrogen-bond donors (Lipinski definition) is 2. The van der Waals surface area contributed by atoms with Crippen LogP contribution in [0.5, 0.6) is 0 Å². The molecule has 2 amide bonds. The van der Waals surface area contributed by atoms with Gasteiger partial charge in [0.2, 0.25) is 0 Å². The van der Waals surface area contributed by atoms with Gasteiger partial charge >= 0.3 is 6.03 Å². The number of rotatable bonds is 5. The molecule has 0 aliphatic rings. The van der Waals surface area contributed by atoms with E-state index in [2.05, 4.69) is 15.6 Å². The lowest BCUT2D eigenvalue weighted by molar-refractivity contribution is 0.236. The molecule has 0 bridgehead atoms. The maximum absolute atomic E-state index is 12.0. The Bertz CT molecular complexity index is 589. The van der Waals surface area contributed by atoms with Gasteiger partial charge < -0.3 is 10.6 Å². The van der Waals surface area contributed by atoms with Crippen molar-refractivity contribution in [3.05, 3.63) is 64.9 Å². The lowest BCUT2D eigenvalue weighted by Gasteiger charge is -2.17. The van der Waals surface area contributed by atoms with Crippen LogP contribution in [0.25, 0.3) is 0 Å². The third kappa shape index (κ3) is 4.76. The van der Waals surface area contributed by atoms with Crippen LogP contribution >= 0.6 is 11.6 Å². The van der Waals surface area contributed by atoms with Gasteiger partial charge in [0, 0.05) is 24.0 Å². The smallest absolute Gasteiger partial charge is 0.315 e. The summed E-state index contributed by atoms with van der Waals surface area (Å²) in [5.74, 6) is 0. The van der Waals surface area contributed by atoms with Crippen molar-refractivity contribution in [1.29, 1.82) is 0 Å². The summed E-state index contributed by atoms with van der Waals surface area (Å²) >= 11 is 5.91. The summed E-state index contributed by atoms with van der Waals surface area (Å²) in [6, 6.07) is 11.0. The van der Waals surface area contributed by atoms with E-state index in [1.165, 1.54) is 0 Å². The average Bonchev–Trinajstić information content (AvgIpc) is 2.51. The van der Waals surface area contributed by atoms with Crippen LogP contribution in [0.2, 0.25) is 5.02 Å². The van der Waals surface area contributed by atoms with Crippen molar-refractivity contribution >= 4 is 17.6 Å². The van der Waals surface area contributed by atoms with E-state index in [-0.39, 0.29) is 12.1 Å². The quantitative estimate of drug-likeness (QED) is 0.885. The summed E-state index contributed by atoms with van der Waals surface area (Å²) < 4.78 is 0. The zero-order valence-electron chi connectivity index (χ0n) is 11.8. The molecule has 1 heterocycles. The van der Waals surface area contributed by atoms with Gasteiger partial charge in [-0.1, -0.05) is 30.7 Å². The highest BCUT2D eigenvalue weighted by Gasteiger charge is 2.11. The summed E-state index contributed by atoms with van der Waals surface area (Å²) in [7, 11) is 0. The van der Waals surface area contributed by atoms with E-state index < -0.39 is 0 Å². The van der Waals surface area contributed by atoms with Crippen molar-refractivity contribution in [1.82, 2.24) is 15.6 Å². The Labute approximate surface area is 129 Å². The summed E-state index contributed by atoms with van der Waals surface area (Å²) in [5.41, 5.74) is 2.01. The highest BCUT2D eigenvalue weighted by molar-refractivity contribution is 6.30. The van der Waals surface area contributed by atoms with Crippen LogP contribution in [0.1, 0.15) is 30.5 Å². The van der Waals surface area contributed by atoms with Gasteiger partial charge in [-0.05, 0) is 41.8 Å². The number of aromatic nitrogens is 1. The first kappa shape index (κ1) is 15.3. The topological polar surface area (TPSA) is 54.0 Å².